The van der Waals surface area contributed by atoms with Crippen molar-refractivity contribution in [3.05, 3.63) is 76.4 Å². The van der Waals surface area contributed by atoms with Gasteiger partial charge in [-0.25, -0.2) is 6.57 Å². The van der Waals surface area contributed by atoms with Crippen LogP contribution in [0.4, 0.5) is 11.4 Å². The maximum absolute atomic E-state index is 7.38. The quantitative estimate of drug-likeness (QED) is 0.587. The van der Waals surface area contributed by atoms with Gasteiger partial charge in [0.1, 0.15) is 0 Å². The molecular weight excluding hydrogens is 332 g/mol. The maximum atomic E-state index is 7.38. The van der Waals surface area contributed by atoms with Gasteiger partial charge in [-0.15, -0.1) is 0 Å². The van der Waals surface area contributed by atoms with Crippen LogP contribution in [0.2, 0.25) is 0 Å². The van der Waals surface area contributed by atoms with Gasteiger partial charge < -0.3 is 9.74 Å². The molecule has 3 aromatic rings. The van der Waals surface area contributed by atoms with E-state index < -0.39 is 5.54 Å². The van der Waals surface area contributed by atoms with E-state index in [1.54, 1.807) is 0 Å². The van der Waals surface area contributed by atoms with E-state index in [4.69, 9.17) is 6.57 Å². The number of aromatic nitrogens is 2. The van der Waals surface area contributed by atoms with E-state index in [1.165, 1.54) is 11.1 Å². The number of H-pyrrole nitrogens is 1. The Kier molecular flexibility index (Phi) is 4.80. The fraction of sp³-hybridized carbons (Fsp3) is 0.304. The average Bonchev–Trinajstić information content (AvgIpc) is 3.00. The zero-order valence-corrected chi connectivity index (χ0v) is 16.9. The van der Waals surface area contributed by atoms with Gasteiger partial charge >= 0.3 is 0 Å². The van der Waals surface area contributed by atoms with Crippen LogP contribution in [0.5, 0.6) is 0 Å². The topological polar surface area (TPSA) is 36.3 Å². The van der Waals surface area contributed by atoms with Crippen molar-refractivity contribution < 1.29 is 0 Å². The van der Waals surface area contributed by atoms with Gasteiger partial charge in [0.15, 0.2) is 0 Å². The summed E-state index contributed by atoms with van der Waals surface area (Å²) in [6.45, 7) is 17.5. The second-order valence-electron chi connectivity index (χ2n) is 7.59. The summed E-state index contributed by atoms with van der Waals surface area (Å²) in [5, 5.41) is 7.39. The molecule has 27 heavy (non-hydrogen) atoms. The number of hydrogen-bond donors (Lipinski definition) is 1. The minimum atomic E-state index is -0.497. The van der Waals surface area contributed by atoms with Gasteiger partial charge in [-0.1, -0.05) is 12.1 Å². The Bertz CT molecular complexity index is 984. The van der Waals surface area contributed by atoms with Gasteiger partial charge in [0.2, 0.25) is 0 Å². The van der Waals surface area contributed by atoms with Gasteiger partial charge in [0, 0.05) is 49.1 Å². The average molecular weight is 358 g/mol. The fourth-order valence-corrected chi connectivity index (χ4v) is 3.40. The lowest BCUT2D eigenvalue weighted by Gasteiger charge is -2.23. The summed E-state index contributed by atoms with van der Waals surface area (Å²) in [5.41, 5.74) is 8.42. The molecule has 4 nitrogen and oxygen atoms in total. The molecular formula is C23H26N4. The van der Waals surface area contributed by atoms with Crippen LogP contribution in [0.15, 0.2) is 42.5 Å². The van der Waals surface area contributed by atoms with Crippen LogP contribution in [0, 0.1) is 27.3 Å². The summed E-state index contributed by atoms with van der Waals surface area (Å²) in [5.74, 6) is 0. The van der Waals surface area contributed by atoms with Crippen molar-refractivity contribution in [3.63, 3.8) is 0 Å². The number of nitrogens with zero attached hydrogens (tertiary/aromatic N) is 3. The van der Waals surface area contributed by atoms with Gasteiger partial charge in [0.05, 0.1) is 5.69 Å². The Morgan fingerprint density at radius 2 is 1.70 bits per heavy atom. The van der Waals surface area contributed by atoms with E-state index in [0.29, 0.717) is 0 Å². The predicted molar refractivity (Wildman–Crippen MR) is 112 cm³/mol. The molecule has 4 heteroatoms. The number of nitrogens with one attached hydrogen (secondary N) is 1. The highest BCUT2D eigenvalue weighted by Crippen LogP contribution is 2.34. The van der Waals surface area contributed by atoms with Crippen molar-refractivity contribution in [2.75, 3.05) is 11.9 Å². The van der Waals surface area contributed by atoms with Crippen molar-refractivity contribution in [1.29, 1.82) is 0 Å². The molecule has 1 aromatic heterocycles. The van der Waals surface area contributed by atoms with Crippen LogP contribution >= 0.6 is 0 Å². The number of hydrogen-bond acceptors (Lipinski definition) is 2. The maximum Gasteiger partial charge on any atom is 0.252 e. The molecule has 0 saturated carbocycles. The summed E-state index contributed by atoms with van der Waals surface area (Å²) in [6.07, 6.45) is 0. The fourth-order valence-electron chi connectivity index (χ4n) is 3.40. The molecule has 0 atom stereocenters. The zero-order chi connectivity index (χ0) is 19.8. The molecule has 0 aliphatic carbocycles. The molecule has 0 aliphatic rings. The van der Waals surface area contributed by atoms with Crippen LogP contribution in [-0.2, 0) is 5.54 Å². The first-order valence-corrected chi connectivity index (χ1v) is 9.10. The summed E-state index contributed by atoms with van der Waals surface area (Å²) in [6, 6.07) is 14.8. The first kappa shape index (κ1) is 18.7. The number of anilines is 2. The standard InChI is InChI=1S/C23H26N4/c1-15-8-9-18(22-16(2)25-26-17(22)3)14-21(15)27(7)20-12-10-19(11-13-20)23(4,5)24-6/h8-14H,1-5,7H3,(H,25,26). The predicted octanol–water partition coefficient (Wildman–Crippen LogP) is 5.92. The lowest BCUT2D eigenvalue weighted by molar-refractivity contribution is 0.664. The van der Waals surface area contributed by atoms with Gasteiger partial charge in [-0.05, 0) is 62.2 Å². The number of aryl methyl sites for hydroxylation is 3. The third-order valence-corrected chi connectivity index (χ3v) is 5.23. The van der Waals surface area contributed by atoms with Crippen LogP contribution in [0.1, 0.15) is 36.4 Å². The normalized spacial score (nSPS) is 11.3. The largest absolute Gasteiger partial charge is 0.344 e. The van der Waals surface area contributed by atoms with Gasteiger partial charge in [-0.3, -0.25) is 5.10 Å². The van der Waals surface area contributed by atoms with E-state index in [1.807, 2.05) is 32.9 Å². The number of benzene rings is 2. The lowest BCUT2D eigenvalue weighted by atomic mass is 9.95. The highest BCUT2D eigenvalue weighted by Gasteiger charge is 2.25. The highest BCUT2D eigenvalue weighted by molar-refractivity contribution is 5.76. The number of aromatic amines is 1. The van der Waals surface area contributed by atoms with E-state index in [2.05, 4.69) is 71.2 Å². The van der Waals surface area contributed by atoms with E-state index >= 15 is 0 Å². The summed E-state index contributed by atoms with van der Waals surface area (Å²) in [4.78, 5) is 5.91. The Balaban J connectivity index is 1.99. The molecule has 1 heterocycles. The molecule has 0 aliphatic heterocycles. The summed E-state index contributed by atoms with van der Waals surface area (Å²) in [7, 11) is 2.08. The van der Waals surface area contributed by atoms with Crippen molar-refractivity contribution >= 4 is 11.4 Å². The second kappa shape index (κ2) is 6.92. The summed E-state index contributed by atoms with van der Waals surface area (Å²) < 4.78 is 0. The number of rotatable bonds is 4. The van der Waals surface area contributed by atoms with E-state index in [-0.39, 0.29) is 0 Å². The third-order valence-electron chi connectivity index (χ3n) is 5.23. The molecule has 2 aromatic carbocycles. The lowest BCUT2D eigenvalue weighted by Crippen LogP contribution is -2.13. The van der Waals surface area contributed by atoms with E-state index in [9.17, 15) is 0 Å². The minimum Gasteiger partial charge on any atom is -0.344 e. The Labute approximate surface area is 161 Å². The Hall–Kier alpha value is -3.06. The second-order valence-corrected chi connectivity index (χ2v) is 7.59. The molecule has 0 amide bonds. The molecule has 1 N–H and O–H groups in total. The molecule has 0 unspecified atom stereocenters. The molecule has 0 bridgehead atoms. The SMILES string of the molecule is [C-]#[N+]C(C)(C)c1ccc(N(C)c2cc(-c3c(C)n[nH]c3C)ccc2C)cc1. The van der Waals surface area contributed by atoms with E-state index in [0.717, 1.165) is 33.9 Å². The van der Waals surface area contributed by atoms with Crippen molar-refractivity contribution in [3.8, 4) is 11.1 Å². The molecule has 0 fully saturated rings. The molecule has 0 radical (unpaired) electrons. The monoisotopic (exact) mass is 358 g/mol. The van der Waals surface area contributed by atoms with Gasteiger partial charge in [-0.2, -0.15) is 5.10 Å². The van der Waals surface area contributed by atoms with Crippen LogP contribution in [-0.4, -0.2) is 17.2 Å². The molecule has 0 saturated heterocycles. The Morgan fingerprint density at radius 1 is 1.04 bits per heavy atom. The van der Waals surface area contributed by atoms with Gasteiger partial charge in [0.25, 0.3) is 5.54 Å². The third kappa shape index (κ3) is 3.46. The van der Waals surface area contributed by atoms with Crippen molar-refractivity contribution in [2.45, 2.75) is 40.2 Å². The van der Waals surface area contributed by atoms with Crippen LogP contribution in [0.3, 0.4) is 0 Å². The smallest absolute Gasteiger partial charge is 0.252 e. The van der Waals surface area contributed by atoms with Crippen LogP contribution in [0.25, 0.3) is 16.0 Å². The molecule has 3 rings (SSSR count). The molecule has 0 spiro atoms. The first-order valence-electron chi connectivity index (χ1n) is 9.10. The van der Waals surface area contributed by atoms with Crippen LogP contribution < -0.4 is 4.90 Å². The van der Waals surface area contributed by atoms with Crippen molar-refractivity contribution in [1.82, 2.24) is 10.2 Å². The summed E-state index contributed by atoms with van der Waals surface area (Å²) >= 11 is 0. The highest BCUT2D eigenvalue weighted by atomic mass is 15.1. The van der Waals surface area contributed by atoms with Crippen molar-refractivity contribution in [2.24, 2.45) is 0 Å². The minimum absolute atomic E-state index is 0.497. The zero-order valence-electron chi connectivity index (χ0n) is 16.9. The molecule has 138 valence electrons. The Morgan fingerprint density at radius 3 is 2.26 bits per heavy atom. The first-order chi connectivity index (χ1) is 12.7.